The van der Waals surface area contributed by atoms with Gasteiger partial charge in [0.2, 0.25) is 9.84 Å². The number of ether oxygens (including phenoxy) is 1. The summed E-state index contributed by atoms with van der Waals surface area (Å²) in [4.78, 5) is -0.570. The van der Waals surface area contributed by atoms with Crippen molar-refractivity contribution in [1.29, 1.82) is 0 Å². The monoisotopic (exact) mass is 596 g/mol. The standard InChI is InChI=1S/C29H22F6O3S2/c1-15-21(14-11-18-9-12-19(38-4)13-10-18)39-16(2)23(15)25-26(28(32,33)29(34,35)27(25,30)31)24-17(3)40(36,37)22-8-6-5-7-20(22)24/h5-14H,1-4H3. The van der Waals surface area contributed by atoms with Gasteiger partial charge in [-0.2, -0.15) is 26.3 Å². The van der Waals surface area contributed by atoms with Gasteiger partial charge in [-0.25, -0.2) is 8.42 Å². The largest absolute Gasteiger partial charge is 0.497 e. The Balaban J connectivity index is 1.78. The normalized spacial score (nSPS) is 20.4. The van der Waals surface area contributed by atoms with Gasteiger partial charge in [-0.05, 0) is 56.2 Å². The fourth-order valence-corrected chi connectivity index (χ4v) is 7.79. The summed E-state index contributed by atoms with van der Waals surface area (Å²) in [5.41, 5.74) is -3.97. The SMILES string of the molecule is COc1ccc(C=Cc2sc(C)c(C3=C(C4=C(C)S(=O)(=O)c5ccccc54)C(F)(F)C(F)(F)C3(F)F)c2C)cc1. The Labute approximate surface area is 231 Å². The van der Waals surface area contributed by atoms with Crippen LogP contribution in [0, 0.1) is 13.8 Å². The molecule has 0 unspecified atom stereocenters. The molecule has 0 spiro atoms. The summed E-state index contributed by atoms with van der Waals surface area (Å²) in [7, 11) is -2.85. The minimum absolute atomic E-state index is 0.0975. The molecule has 2 heterocycles. The quantitative estimate of drug-likeness (QED) is 0.278. The average Bonchev–Trinajstić information content (AvgIpc) is 3.33. The highest BCUT2D eigenvalue weighted by molar-refractivity contribution is 7.95. The number of thiophene rings is 1. The molecule has 0 atom stereocenters. The lowest BCUT2D eigenvalue weighted by Crippen LogP contribution is -2.49. The molecule has 3 nitrogen and oxygen atoms in total. The van der Waals surface area contributed by atoms with Crippen LogP contribution in [0.5, 0.6) is 5.75 Å². The van der Waals surface area contributed by atoms with Gasteiger partial charge >= 0.3 is 17.8 Å². The number of methoxy groups -OCH3 is 1. The highest BCUT2D eigenvalue weighted by atomic mass is 32.2. The van der Waals surface area contributed by atoms with Gasteiger partial charge in [0, 0.05) is 37.6 Å². The molecular weight excluding hydrogens is 574 g/mol. The maximum atomic E-state index is 15.6. The number of benzene rings is 2. The second-order valence-corrected chi connectivity index (χ2v) is 12.8. The summed E-state index contributed by atoms with van der Waals surface area (Å²) in [6.45, 7) is 3.74. The second-order valence-electron chi connectivity index (χ2n) is 9.53. The number of fused-ring (bicyclic) bond motifs is 1. The van der Waals surface area contributed by atoms with E-state index in [1.165, 1.54) is 33.1 Å². The average molecular weight is 597 g/mol. The molecule has 40 heavy (non-hydrogen) atoms. The van der Waals surface area contributed by atoms with Crippen LogP contribution in [0.25, 0.3) is 23.3 Å². The molecule has 0 saturated heterocycles. The molecule has 0 bridgehead atoms. The van der Waals surface area contributed by atoms with Gasteiger partial charge in [0.1, 0.15) is 5.75 Å². The van der Waals surface area contributed by atoms with Gasteiger partial charge < -0.3 is 4.74 Å². The van der Waals surface area contributed by atoms with Crippen LogP contribution in [0.2, 0.25) is 0 Å². The molecule has 0 amide bonds. The first-order chi connectivity index (χ1) is 18.6. The van der Waals surface area contributed by atoms with Crippen molar-refractivity contribution in [3.63, 3.8) is 0 Å². The van der Waals surface area contributed by atoms with Crippen molar-refractivity contribution < 1.29 is 39.5 Å². The van der Waals surface area contributed by atoms with Gasteiger partial charge in [0.25, 0.3) is 0 Å². The van der Waals surface area contributed by atoms with Crippen molar-refractivity contribution in [2.24, 2.45) is 0 Å². The molecule has 3 aromatic rings. The van der Waals surface area contributed by atoms with E-state index in [0.29, 0.717) is 10.6 Å². The smallest absolute Gasteiger partial charge is 0.380 e. The minimum atomic E-state index is -5.81. The summed E-state index contributed by atoms with van der Waals surface area (Å²) < 4.78 is 123. The van der Waals surface area contributed by atoms with Crippen LogP contribution in [-0.4, -0.2) is 33.3 Å². The predicted molar refractivity (Wildman–Crippen MR) is 144 cm³/mol. The minimum Gasteiger partial charge on any atom is -0.497 e. The molecule has 0 saturated carbocycles. The number of allylic oxidation sites excluding steroid dienone is 4. The number of sulfone groups is 1. The zero-order valence-electron chi connectivity index (χ0n) is 21.6. The third-order valence-electron chi connectivity index (χ3n) is 7.27. The van der Waals surface area contributed by atoms with E-state index in [1.54, 1.807) is 36.4 Å². The van der Waals surface area contributed by atoms with E-state index < -0.39 is 59.7 Å². The number of rotatable bonds is 5. The van der Waals surface area contributed by atoms with Gasteiger partial charge in [0.15, 0.2) is 0 Å². The summed E-state index contributed by atoms with van der Waals surface area (Å²) in [6.07, 6.45) is 3.25. The fourth-order valence-electron chi connectivity index (χ4n) is 5.19. The Hall–Kier alpha value is -3.31. The van der Waals surface area contributed by atoms with Crippen LogP contribution in [-0.2, 0) is 9.84 Å². The van der Waals surface area contributed by atoms with Crippen LogP contribution in [0.1, 0.15) is 38.9 Å². The van der Waals surface area contributed by atoms with Crippen molar-refractivity contribution in [2.75, 3.05) is 7.11 Å². The molecule has 0 fully saturated rings. The predicted octanol–water partition coefficient (Wildman–Crippen LogP) is 8.44. The van der Waals surface area contributed by atoms with E-state index in [9.17, 15) is 8.42 Å². The Morgan fingerprint density at radius 3 is 2.05 bits per heavy atom. The number of alkyl halides is 6. The molecule has 2 aliphatic rings. The van der Waals surface area contributed by atoms with Gasteiger partial charge in [-0.1, -0.05) is 36.4 Å². The number of aryl methyl sites for hydroxylation is 1. The van der Waals surface area contributed by atoms with Crippen LogP contribution in [0.4, 0.5) is 26.3 Å². The molecule has 1 aliphatic carbocycles. The molecule has 1 aliphatic heterocycles. The lowest BCUT2D eigenvalue weighted by atomic mass is 9.89. The maximum Gasteiger partial charge on any atom is 0.380 e. The lowest BCUT2D eigenvalue weighted by molar-refractivity contribution is -0.258. The lowest BCUT2D eigenvalue weighted by Gasteiger charge is -2.26. The molecule has 11 heteroatoms. The van der Waals surface area contributed by atoms with Crippen molar-refractivity contribution in [3.05, 3.63) is 91.0 Å². The first-order valence-electron chi connectivity index (χ1n) is 12.0. The number of hydrogen-bond donors (Lipinski definition) is 0. The van der Waals surface area contributed by atoms with E-state index in [2.05, 4.69) is 0 Å². The van der Waals surface area contributed by atoms with E-state index in [-0.39, 0.29) is 16.0 Å². The fraction of sp³-hybridized carbons (Fsp3) is 0.241. The van der Waals surface area contributed by atoms with Crippen LogP contribution in [0.15, 0.2) is 63.9 Å². The molecule has 1 aromatic heterocycles. The number of hydrogen-bond acceptors (Lipinski definition) is 4. The summed E-state index contributed by atoms with van der Waals surface area (Å²) in [5.74, 6) is -15.9. The Kier molecular flexibility index (Phi) is 6.42. The summed E-state index contributed by atoms with van der Waals surface area (Å²) >= 11 is 0.983. The maximum absolute atomic E-state index is 15.6. The third-order valence-corrected chi connectivity index (χ3v) is 10.4. The third kappa shape index (κ3) is 3.73. The molecule has 0 N–H and O–H groups in total. The van der Waals surface area contributed by atoms with Crippen molar-refractivity contribution >= 4 is 44.5 Å². The Bertz CT molecular complexity index is 1740. The molecule has 210 valence electrons. The zero-order valence-corrected chi connectivity index (χ0v) is 23.2. The summed E-state index contributed by atoms with van der Waals surface area (Å²) in [5, 5.41) is 0. The molecule has 2 aromatic carbocycles. The van der Waals surface area contributed by atoms with Crippen LogP contribution in [0.3, 0.4) is 0 Å². The van der Waals surface area contributed by atoms with Crippen LogP contribution >= 0.6 is 11.3 Å². The zero-order chi connectivity index (χ0) is 29.4. The topological polar surface area (TPSA) is 43.4 Å². The Morgan fingerprint density at radius 2 is 1.43 bits per heavy atom. The highest BCUT2D eigenvalue weighted by Gasteiger charge is 2.81. The van der Waals surface area contributed by atoms with Gasteiger partial charge in [-0.3, -0.25) is 0 Å². The first kappa shape index (κ1) is 28.2. The Morgan fingerprint density at radius 1 is 0.825 bits per heavy atom. The molecule has 0 radical (unpaired) electrons. The van der Waals surface area contributed by atoms with Gasteiger partial charge in [0.05, 0.1) is 16.9 Å². The van der Waals surface area contributed by atoms with Crippen molar-refractivity contribution in [1.82, 2.24) is 0 Å². The second kappa shape index (κ2) is 9.10. The van der Waals surface area contributed by atoms with Crippen molar-refractivity contribution in [2.45, 2.75) is 43.4 Å². The first-order valence-corrected chi connectivity index (χ1v) is 14.3. The van der Waals surface area contributed by atoms with Crippen molar-refractivity contribution in [3.8, 4) is 5.75 Å². The number of halogens is 6. The van der Waals surface area contributed by atoms with Crippen LogP contribution < -0.4 is 4.74 Å². The van der Waals surface area contributed by atoms with E-state index >= 15 is 26.3 Å². The highest BCUT2D eigenvalue weighted by Crippen LogP contribution is 2.67. The van der Waals surface area contributed by atoms with E-state index in [1.807, 2.05) is 0 Å². The van der Waals surface area contributed by atoms with E-state index in [0.717, 1.165) is 36.0 Å². The van der Waals surface area contributed by atoms with Gasteiger partial charge in [-0.15, -0.1) is 11.3 Å². The van der Waals surface area contributed by atoms with E-state index in [4.69, 9.17) is 4.74 Å². The molecular formula is C29H22F6O3S2. The summed E-state index contributed by atoms with van der Waals surface area (Å²) in [6, 6.07) is 11.9. The molecule has 5 rings (SSSR count).